The number of nitrogens with one attached hydrogen (secondary N) is 2. The number of aryl methyl sites for hydroxylation is 3. The number of rotatable bonds is 2. The number of likely N-dealkylation sites (tertiary alicyclic amines) is 1. The van der Waals surface area contributed by atoms with E-state index in [1.165, 1.54) is 11.9 Å². The van der Waals surface area contributed by atoms with Crippen molar-refractivity contribution in [2.24, 2.45) is 0 Å². The summed E-state index contributed by atoms with van der Waals surface area (Å²) in [6, 6.07) is 7.19. The predicted molar refractivity (Wildman–Crippen MR) is 107 cm³/mol. The lowest BCUT2D eigenvalue weighted by atomic mass is 9.99. The van der Waals surface area contributed by atoms with Crippen LogP contribution in [0.15, 0.2) is 24.3 Å². The number of amides is 5. The fourth-order valence-electron chi connectivity index (χ4n) is 4.07. The minimum Gasteiger partial charge on any atom is -0.321 e. The number of likely N-dealkylation sites (N-methyl/N-ethyl adjacent to an activating group) is 1. The van der Waals surface area contributed by atoms with Crippen molar-refractivity contribution in [3.63, 3.8) is 0 Å². The lowest BCUT2D eigenvalue weighted by Gasteiger charge is -2.21. The molecule has 29 heavy (non-hydrogen) atoms. The van der Waals surface area contributed by atoms with Gasteiger partial charge in [0.05, 0.1) is 12.2 Å². The van der Waals surface area contributed by atoms with E-state index in [1.807, 2.05) is 32.9 Å². The molecule has 2 N–H and O–H groups in total. The highest BCUT2D eigenvalue weighted by Gasteiger charge is 2.54. The van der Waals surface area contributed by atoms with Crippen molar-refractivity contribution in [2.45, 2.75) is 32.7 Å². The minimum absolute atomic E-state index is 0.143. The molecule has 1 aromatic carbocycles. The molecule has 0 saturated carbocycles. The van der Waals surface area contributed by atoms with E-state index < -0.39 is 11.6 Å². The molecule has 2 aliphatic heterocycles. The molecule has 9 nitrogen and oxygen atoms in total. The zero-order valence-corrected chi connectivity index (χ0v) is 16.9. The van der Waals surface area contributed by atoms with E-state index in [2.05, 4.69) is 21.8 Å². The summed E-state index contributed by atoms with van der Waals surface area (Å²) in [6.07, 6.45) is 0.394. The first-order chi connectivity index (χ1) is 13.7. The molecule has 1 unspecified atom stereocenters. The van der Waals surface area contributed by atoms with Gasteiger partial charge in [0.25, 0.3) is 5.91 Å². The average molecular weight is 396 g/mol. The fourth-order valence-corrected chi connectivity index (χ4v) is 4.07. The molecule has 1 aromatic heterocycles. The van der Waals surface area contributed by atoms with Crippen LogP contribution in [0.4, 0.5) is 15.4 Å². The number of anilines is 1. The number of carbonyl (C=O) groups is 3. The molecule has 152 valence electrons. The third-order valence-corrected chi connectivity index (χ3v) is 5.49. The second kappa shape index (κ2) is 6.61. The highest BCUT2D eigenvalue weighted by atomic mass is 16.2. The van der Waals surface area contributed by atoms with Gasteiger partial charge in [-0.2, -0.15) is 0 Å². The molecule has 1 spiro atoms. The summed E-state index contributed by atoms with van der Waals surface area (Å²) in [4.78, 5) is 39.5. The third-order valence-electron chi connectivity index (χ3n) is 5.49. The molecule has 0 radical (unpaired) electrons. The zero-order valence-electron chi connectivity index (χ0n) is 16.9. The first kappa shape index (κ1) is 19.0. The molecule has 4 rings (SSSR count). The highest BCUT2D eigenvalue weighted by molar-refractivity contribution is 6.07. The van der Waals surface area contributed by atoms with Crippen LogP contribution in [0.3, 0.4) is 0 Å². The number of aromatic nitrogens is 2. The molecule has 0 bridgehead atoms. The number of hydrogen-bond acceptors (Lipinski definition) is 4. The summed E-state index contributed by atoms with van der Waals surface area (Å²) in [5.41, 5.74) is 3.08. The van der Waals surface area contributed by atoms with Crippen molar-refractivity contribution in [3.8, 4) is 5.69 Å². The first-order valence-electron chi connectivity index (χ1n) is 9.50. The van der Waals surface area contributed by atoms with Gasteiger partial charge in [-0.15, -0.1) is 5.10 Å². The van der Waals surface area contributed by atoms with Gasteiger partial charge in [0.15, 0.2) is 5.82 Å². The minimum atomic E-state index is -1.02. The average Bonchev–Trinajstić information content (AvgIpc) is 3.29. The maximum atomic E-state index is 12.7. The Balaban J connectivity index is 1.49. The molecule has 0 aliphatic carbocycles. The number of urea groups is 2. The quantitative estimate of drug-likeness (QED) is 0.758. The summed E-state index contributed by atoms with van der Waals surface area (Å²) in [5, 5.41) is 10.0. The van der Waals surface area contributed by atoms with E-state index in [0.29, 0.717) is 18.8 Å². The van der Waals surface area contributed by atoms with Crippen LogP contribution in [0.25, 0.3) is 5.69 Å². The predicted octanol–water partition coefficient (Wildman–Crippen LogP) is 1.96. The second-order valence-corrected chi connectivity index (χ2v) is 7.91. The third kappa shape index (κ3) is 3.22. The van der Waals surface area contributed by atoms with Crippen molar-refractivity contribution >= 4 is 23.8 Å². The van der Waals surface area contributed by atoms with Gasteiger partial charge in [-0.1, -0.05) is 6.07 Å². The molecule has 2 aliphatic rings. The van der Waals surface area contributed by atoms with Crippen LogP contribution in [0, 0.1) is 20.8 Å². The van der Waals surface area contributed by atoms with Crippen LogP contribution in [0.1, 0.15) is 23.2 Å². The van der Waals surface area contributed by atoms with Crippen LogP contribution >= 0.6 is 0 Å². The van der Waals surface area contributed by atoms with Crippen molar-refractivity contribution in [3.05, 3.63) is 41.1 Å². The first-order valence-corrected chi connectivity index (χ1v) is 9.50. The molecular weight excluding hydrogens is 372 g/mol. The summed E-state index contributed by atoms with van der Waals surface area (Å²) in [7, 11) is 1.44. The van der Waals surface area contributed by atoms with Gasteiger partial charge in [0.1, 0.15) is 5.54 Å². The Kier molecular flexibility index (Phi) is 4.33. The highest BCUT2D eigenvalue weighted by Crippen LogP contribution is 2.28. The molecule has 3 heterocycles. The van der Waals surface area contributed by atoms with Crippen LogP contribution in [0.2, 0.25) is 0 Å². The smallest absolute Gasteiger partial charge is 0.321 e. The Bertz CT molecular complexity index is 1010. The second-order valence-electron chi connectivity index (χ2n) is 7.91. The summed E-state index contributed by atoms with van der Waals surface area (Å²) < 4.78 is 1.79. The van der Waals surface area contributed by atoms with E-state index in [9.17, 15) is 14.4 Å². The van der Waals surface area contributed by atoms with E-state index in [1.54, 1.807) is 10.7 Å². The molecule has 2 fully saturated rings. The zero-order chi connectivity index (χ0) is 20.9. The van der Waals surface area contributed by atoms with Gasteiger partial charge >= 0.3 is 12.1 Å². The van der Waals surface area contributed by atoms with Gasteiger partial charge in [0, 0.05) is 25.4 Å². The monoisotopic (exact) mass is 396 g/mol. The maximum absolute atomic E-state index is 12.7. The topological polar surface area (TPSA) is 99.6 Å². The van der Waals surface area contributed by atoms with Gasteiger partial charge in [-0.3, -0.25) is 15.0 Å². The van der Waals surface area contributed by atoms with E-state index in [0.717, 1.165) is 27.4 Å². The van der Waals surface area contributed by atoms with Crippen LogP contribution in [0.5, 0.6) is 0 Å². The van der Waals surface area contributed by atoms with Gasteiger partial charge in [0.2, 0.25) is 0 Å². The number of nitrogens with zero attached hydrogens (tertiary/aromatic N) is 4. The Hall–Kier alpha value is -3.36. The van der Waals surface area contributed by atoms with Gasteiger partial charge < -0.3 is 10.2 Å². The van der Waals surface area contributed by atoms with Crippen molar-refractivity contribution in [1.29, 1.82) is 0 Å². The maximum Gasteiger partial charge on any atom is 0.324 e. The van der Waals surface area contributed by atoms with E-state index >= 15 is 0 Å². The lowest BCUT2D eigenvalue weighted by molar-refractivity contribution is -0.129. The molecule has 5 amide bonds. The summed E-state index contributed by atoms with van der Waals surface area (Å²) in [6.45, 7) is 6.50. The fraction of sp³-hybridized carbons (Fsp3) is 0.400. The van der Waals surface area contributed by atoms with Crippen molar-refractivity contribution < 1.29 is 14.4 Å². The number of imide groups is 1. The molecule has 2 saturated heterocycles. The van der Waals surface area contributed by atoms with Gasteiger partial charge in [-0.05, 0) is 50.5 Å². The van der Waals surface area contributed by atoms with Gasteiger partial charge in [-0.25, -0.2) is 14.3 Å². The normalized spacial score (nSPS) is 21.2. The largest absolute Gasteiger partial charge is 0.324 e. The van der Waals surface area contributed by atoms with Crippen LogP contribution in [-0.2, 0) is 4.79 Å². The van der Waals surface area contributed by atoms with Crippen LogP contribution < -0.4 is 10.6 Å². The Labute approximate surface area is 168 Å². The Morgan fingerprint density at radius 3 is 2.45 bits per heavy atom. The number of carbonyl (C=O) groups excluding carboxylic acids is 3. The SMILES string of the molecule is Cc1cc(C)cc(-n2nc(NC(=O)N3CCC4(C3)NC(=O)N(C)C4=O)cc2C)c1. The standard InChI is InChI=1S/C20H24N6O3/c1-12-7-13(2)9-15(8-12)26-14(3)10-16(23-26)21-18(28)25-6-5-20(11-25)17(27)24(4)19(29)22-20/h7-10H,5-6,11H2,1-4H3,(H,22,29)(H,21,23,28). The molecular formula is C20H24N6O3. The van der Waals surface area contributed by atoms with E-state index in [4.69, 9.17) is 0 Å². The summed E-state index contributed by atoms with van der Waals surface area (Å²) >= 11 is 0. The van der Waals surface area contributed by atoms with Crippen LogP contribution in [-0.4, -0.2) is 63.2 Å². The Morgan fingerprint density at radius 2 is 1.83 bits per heavy atom. The number of benzene rings is 1. The Morgan fingerprint density at radius 1 is 1.14 bits per heavy atom. The van der Waals surface area contributed by atoms with Crippen molar-refractivity contribution in [1.82, 2.24) is 24.9 Å². The van der Waals surface area contributed by atoms with Crippen molar-refractivity contribution in [2.75, 3.05) is 25.5 Å². The van der Waals surface area contributed by atoms with E-state index in [-0.39, 0.29) is 18.5 Å². The molecule has 1 atom stereocenters. The molecule has 9 heteroatoms. The molecule has 2 aromatic rings. The number of hydrogen-bond donors (Lipinski definition) is 2. The summed E-state index contributed by atoms with van der Waals surface area (Å²) in [5.74, 6) is 0.138. The lowest BCUT2D eigenvalue weighted by Crippen LogP contribution is -2.50.